The minimum atomic E-state index is 0.309. The van der Waals surface area contributed by atoms with Crippen LogP contribution in [0, 0.1) is 6.92 Å². The summed E-state index contributed by atoms with van der Waals surface area (Å²) in [6.45, 7) is 4.55. The maximum absolute atomic E-state index is 5.87. The molecule has 0 unspecified atom stereocenters. The Morgan fingerprint density at radius 1 is 1.33 bits per heavy atom. The second-order valence-electron chi connectivity index (χ2n) is 4.72. The number of nitrogens with one attached hydrogen (secondary N) is 1. The van der Waals surface area contributed by atoms with Crippen molar-refractivity contribution in [3.05, 3.63) is 35.2 Å². The molecule has 1 N–H and O–H groups in total. The molecule has 0 spiro atoms. The Labute approximate surface area is 124 Å². The van der Waals surface area contributed by atoms with Crippen molar-refractivity contribution in [3.8, 4) is 5.75 Å². The van der Waals surface area contributed by atoms with Gasteiger partial charge in [0.1, 0.15) is 5.75 Å². The summed E-state index contributed by atoms with van der Waals surface area (Å²) < 4.78 is 10.9. The summed E-state index contributed by atoms with van der Waals surface area (Å²) in [5.41, 5.74) is 2.19. The molecule has 1 aromatic carbocycles. The van der Waals surface area contributed by atoms with E-state index in [1.807, 2.05) is 25.1 Å². The van der Waals surface area contributed by atoms with E-state index in [1.54, 1.807) is 14.2 Å². The van der Waals surface area contributed by atoms with Crippen LogP contribution in [0.25, 0.3) is 0 Å². The number of hydrogen-bond donors (Lipinski definition) is 1. The van der Waals surface area contributed by atoms with E-state index >= 15 is 0 Å². The van der Waals surface area contributed by atoms with Crippen molar-refractivity contribution in [1.82, 2.24) is 25.5 Å². The fourth-order valence-corrected chi connectivity index (χ4v) is 1.97. The first-order valence-electron chi connectivity index (χ1n) is 6.84. The zero-order chi connectivity index (χ0) is 15.1. The summed E-state index contributed by atoms with van der Waals surface area (Å²) in [4.78, 5) is 1.42. The van der Waals surface area contributed by atoms with E-state index in [2.05, 4.69) is 20.7 Å². The molecule has 0 fully saturated rings. The molecule has 0 saturated heterocycles. The molecule has 7 nitrogen and oxygen atoms in total. The Morgan fingerprint density at radius 2 is 2.19 bits per heavy atom. The van der Waals surface area contributed by atoms with E-state index in [1.165, 1.54) is 4.80 Å². The molecule has 2 aromatic rings. The van der Waals surface area contributed by atoms with Crippen molar-refractivity contribution in [3.63, 3.8) is 0 Å². The monoisotopic (exact) mass is 291 g/mol. The number of benzene rings is 1. The van der Waals surface area contributed by atoms with Crippen LogP contribution in [-0.4, -0.2) is 40.5 Å². The fraction of sp³-hybridized carbons (Fsp3) is 0.500. The van der Waals surface area contributed by atoms with Gasteiger partial charge in [0, 0.05) is 25.8 Å². The molecule has 1 aromatic heterocycles. The molecular formula is C14H21N5O2. The highest BCUT2D eigenvalue weighted by atomic mass is 16.5. The molecule has 0 amide bonds. The van der Waals surface area contributed by atoms with Crippen molar-refractivity contribution < 1.29 is 9.47 Å². The van der Waals surface area contributed by atoms with E-state index in [9.17, 15) is 0 Å². The Morgan fingerprint density at radius 3 is 2.90 bits per heavy atom. The van der Waals surface area contributed by atoms with E-state index in [0.717, 1.165) is 30.0 Å². The van der Waals surface area contributed by atoms with Crippen LogP contribution < -0.4 is 10.1 Å². The predicted molar refractivity (Wildman–Crippen MR) is 77.9 cm³/mol. The molecule has 0 aliphatic heterocycles. The minimum Gasteiger partial charge on any atom is -0.485 e. The molecule has 7 heteroatoms. The maximum Gasteiger partial charge on any atom is 0.212 e. The Hall–Kier alpha value is -1.99. The predicted octanol–water partition coefficient (Wildman–Crippen LogP) is 0.834. The number of hydrogen-bond acceptors (Lipinski definition) is 6. The van der Waals surface area contributed by atoms with Crippen LogP contribution in [0.5, 0.6) is 5.75 Å². The van der Waals surface area contributed by atoms with Gasteiger partial charge in [-0.1, -0.05) is 18.2 Å². The standard InChI is InChI=1S/C14H21N5O2/c1-11-5-4-6-12(9-15-7-8-20-3)14(11)21-10-13-16-18-19(2)17-13/h4-6,15H,7-10H2,1-3H3. The third-order valence-corrected chi connectivity index (χ3v) is 2.99. The summed E-state index contributed by atoms with van der Waals surface area (Å²) >= 11 is 0. The van der Waals surface area contributed by atoms with Gasteiger partial charge >= 0.3 is 0 Å². The second kappa shape index (κ2) is 7.70. The number of nitrogens with zero attached hydrogens (tertiary/aromatic N) is 4. The van der Waals surface area contributed by atoms with Gasteiger partial charge < -0.3 is 14.8 Å². The number of para-hydroxylation sites is 1. The average molecular weight is 291 g/mol. The van der Waals surface area contributed by atoms with Gasteiger partial charge in [0.15, 0.2) is 6.61 Å². The van der Waals surface area contributed by atoms with Crippen molar-refractivity contribution in [2.24, 2.45) is 7.05 Å². The first-order chi connectivity index (χ1) is 10.2. The molecule has 114 valence electrons. The lowest BCUT2D eigenvalue weighted by Gasteiger charge is -2.13. The number of aromatic nitrogens is 4. The van der Waals surface area contributed by atoms with Crippen LogP contribution in [-0.2, 0) is 24.9 Å². The first-order valence-corrected chi connectivity index (χ1v) is 6.84. The smallest absolute Gasteiger partial charge is 0.212 e. The van der Waals surface area contributed by atoms with Crippen LogP contribution in [0.15, 0.2) is 18.2 Å². The summed E-state index contributed by atoms with van der Waals surface area (Å²) in [5.74, 6) is 1.44. The van der Waals surface area contributed by atoms with Gasteiger partial charge in [-0.05, 0) is 17.7 Å². The van der Waals surface area contributed by atoms with Crippen molar-refractivity contribution in [1.29, 1.82) is 0 Å². The number of rotatable bonds is 8. The Kier molecular flexibility index (Phi) is 5.65. The van der Waals surface area contributed by atoms with Gasteiger partial charge in [-0.25, -0.2) is 0 Å². The fourth-order valence-electron chi connectivity index (χ4n) is 1.97. The number of aryl methyl sites for hydroxylation is 2. The third-order valence-electron chi connectivity index (χ3n) is 2.99. The molecule has 0 bridgehead atoms. The summed E-state index contributed by atoms with van der Waals surface area (Å²) in [5, 5.41) is 15.1. The summed E-state index contributed by atoms with van der Waals surface area (Å²) in [6, 6.07) is 6.10. The molecular weight excluding hydrogens is 270 g/mol. The molecule has 0 atom stereocenters. The topological polar surface area (TPSA) is 74.1 Å². The van der Waals surface area contributed by atoms with Gasteiger partial charge in [0.2, 0.25) is 5.82 Å². The van der Waals surface area contributed by atoms with Crippen LogP contribution in [0.3, 0.4) is 0 Å². The van der Waals surface area contributed by atoms with Crippen molar-refractivity contribution >= 4 is 0 Å². The molecule has 0 aliphatic rings. The molecule has 2 rings (SSSR count). The average Bonchev–Trinajstić information content (AvgIpc) is 2.88. The molecule has 0 radical (unpaired) electrons. The van der Waals surface area contributed by atoms with Gasteiger partial charge in [-0.3, -0.25) is 0 Å². The molecule has 0 saturated carbocycles. The van der Waals surface area contributed by atoms with Crippen LogP contribution in [0.1, 0.15) is 17.0 Å². The van der Waals surface area contributed by atoms with Gasteiger partial charge in [0.05, 0.1) is 13.7 Å². The minimum absolute atomic E-state index is 0.309. The van der Waals surface area contributed by atoms with E-state index in [0.29, 0.717) is 19.0 Å². The van der Waals surface area contributed by atoms with E-state index in [-0.39, 0.29) is 0 Å². The van der Waals surface area contributed by atoms with Crippen LogP contribution in [0.4, 0.5) is 0 Å². The number of ether oxygens (including phenoxy) is 2. The van der Waals surface area contributed by atoms with Crippen molar-refractivity contribution in [2.75, 3.05) is 20.3 Å². The summed E-state index contributed by atoms with van der Waals surface area (Å²) in [6.07, 6.45) is 0. The Bertz CT molecular complexity index is 570. The van der Waals surface area contributed by atoms with Gasteiger partial charge in [-0.15, -0.1) is 10.2 Å². The SMILES string of the molecule is COCCNCc1cccc(C)c1OCc1nnn(C)n1. The van der Waals surface area contributed by atoms with Crippen LogP contribution >= 0.6 is 0 Å². The van der Waals surface area contributed by atoms with Gasteiger partial charge in [-0.2, -0.15) is 4.80 Å². The second-order valence-corrected chi connectivity index (χ2v) is 4.72. The quantitative estimate of drug-likeness (QED) is 0.726. The van der Waals surface area contributed by atoms with E-state index < -0.39 is 0 Å². The highest BCUT2D eigenvalue weighted by Crippen LogP contribution is 2.24. The van der Waals surface area contributed by atoms with Crippen LogP contribution in [0.2, 0.25) is 0 Å². The largest absolute Gasteiger partial charge is 0.485 e. The summed E-state index contributed by atoms with van der Waals surface area (Å²) in [7, 11) is 3.42. The normalized spacial score (nSPS) is 10.8. The zero-order valence-electron chi connectivity index (χ0n) is 12.7. The highest BCUT2D eigenvalue weighted by Gasteiger charge is 2.09. The maximum atomic E-state index is 5.87. The van der Waals surface area contributed by atoms with E-state index in [4.69, 9.17) is 9.47 Å². The Balaban J connectivity index is 1.99. The van der Waals surface area contributed by atoms with Gasteiger partial charge in [0.25, 0.3) is 0 Å². The third kappa shape index (κ3) is 4.51. The first kappa shape index (κ1) is 15.4. The number of methoxy groups -OCH3 is 1. The highest BCUT2D eigenvalue weighted by molar-refractivity contribution is 5.40. The zero-order valence-corrected chi connectivity index (χ0v) is 12.7. The molecule has 0 aliphatic carbocycles. The lowest BCUT2D eigenvalue weighted by molar-refractivity contribution is 0.199. The van der Waals surface area contributed by atoms with Crippen molar-refractivity contribution in [2.45, 2.75) is 20.1 Å². The number of tetrazole rings is 1. The lowest BCUT2D eigenvalue weighted by atomic mass is 10.1. The molecule has 21 heavy (non-hydrogen) atoms. The lowest BCUT2D eigenvalue weighted by Crippen LogP contribution is -2.19. The molecule has 1 heterocycles.